The van der Waals surface area contributed by atoms with Crippen LogP contribution in [0.2, 0.25) is 0 Å². The van der Waals surface area contributed by atoms with Gasteiger partial charge in [-0.25, -0.2) is 4.39 Å². The lowest BCUT2D eigenvalue weighted by Gasteiger charge is -2.35. The molecule has 0 saturated carbocycles. The fraction of sp³-hybridized carbons (Fsp3) is 0.278. The van der Waals surface area contributed by atoms with E-state index in [-0.39, 0.29) is 24.0 Å². The zero-order valence-corrected chi connectivity index (χ0v) is 14.0. The number of carbonyl (C=O) groups excluding carboxylic acids is 1. The van der Waals surface area contributed by atoms with Crippen molar-refractivity contribution in [1.82, 2.24) is 4.90 Å². The van der Waals surface area contributed by atoms with Gasteiger partial charge in [-0.15, -0.1) is 0 Å². The van der Waals surface area contributed by atoms with Crippen LogP contribution in [0.3, 0.4) is 0 Å². The Kier molecular flexibility index (Phi) is 5.31. The Hall–Kier alpha value is -3.16. The molecule has 0 aliphatic carbocycles. The van der Waals surface area contributed by atoms with E-state index in [1.165, 1.54) is 18.2 Å². The van der Waals surface area contributed by atoms with Crippen molar-refractivity contribution in [1.29, 1.82) is 0 Å². The Morgan fingerprint density at radius 1 is 1.08 bits per heavy atom. The van der Waals surface area contributed by atoms with E-state index in [4.69, 9.17) is 4.74 Å². The van der Waals surface area contributed by atoms with Crippen molar-refractivity contribution in [2.45, 2.75) is 0 Å². The molecule has 1 fully saturated rings. The zero-order valence-electron chi connectivity index (χ0n) is 14.0. The van der Waals surface area contributed by atoms with Crippen molar-refractivity contribution in [2.24, 2.45) is 0 Å². The predicted molar refractivity (Wildman–Crippen MR) is 93.8 cm³/mol. The van der Waals surface area contributed by atoms with E-state index in [0.717, 1.165) is 0 Å². The standard InChI is InChI=1S/C18H18FN3O4/c19-14-5-1-4-8-17(14)26-13-18(23)21-11-9-20(10-12-21)15-6-2-3-7-16(15)22(24)25/h1-8H,9-13H2. The summed E-state index contributed by atoms with van der Waals surface area (Å²) in [7, 11) is 0. The largest absolute Gasteiger partial charge is 0.481 e. The maximum atomic E-state index is 13.5. The van der Waals surface area contributed by atoms with Crippen LogP contribution in [0.25, 0.3) is 0 Å². The number of rotatable bonds is 5. The molecule has 0 N–H and O–H groups in total. The Bertz CT molecular complexity index is 807. The molecule has 2 aromatic carbocycles. The highest BCUT2D eigenvalue weighted by atomic mass is 19.1. The minimum atomic E-state index is -0.512. The third-order valence-electron chi connectivity index (χ3n) is 4.24. The summed E-state index contributed by atoms with van der Waals surface area (Å²) in [6, 6.07) is 12.5. The first-order chi connectivity index (χ1) is 12.6. The molecule has 136 valence electrons. The van der Waals surface area contributed by atoms with Crippen molar-refractivity contribution in [2.75, 3.05) is 37.7 Å². The van der Waals surface area contributed by atoms with Crippen LogP contribution in [0.5, 0.6) is 5.75 Å². The van der Waals surface area contributed by atoms with Gasteiger partial charge in [0.15, 0.2) is 18.2 Å². The second-order valence-corrected chi connectivity index (χ2v) is 5.83. The minimum absolute atomic E-state index is 0.0411. The first-order valence-electron chi connectivity index (χ1n) is 8.20. The molecule has 0 unspecified atom stereocenters. The van der Waals surface area contributed by atoms with Gasteiger partial charge in [-0.3, -0.25) is 14.9 Å². The van der Waals surface area contributed by atoms with E-state index in [2.05, 4.69) is 0 Å². The monoisotopic (exact) mass is 359 g/mol. The summed E-state index contributed by atoms with van der Waals surface area (Å²) in [5.41, 5.74) is 0.599. The van der Waals surface area contributed by atoms with Gasteiger partial charge >= 0.3 is 0 Å². The topological polar surface area (TPSA) is 75.9 Å². The van der Waals surface area contributed by atoms with E-state index in [1.807, 2.05) is 4.90 Å². The summed E-state index contributed by atoms with van der Waals surface area (Å²) in [4.78, 5) is 26.5. The molecule has 1 aliphatic heterocycles. The quantitative estimate of drug-likeness (QED) is 0.605. The molecule has 0 spiro atoms. The molecule has 8 heteroatoms. The number of ether oxygens (including phenoxy) is 1. The second-order valence-electron chi connectivity index (χ2n) is 5.83. The van der Waals surface area contributed by atoms with Crippen LogP contribution in [0.1, 0.15) is 0 Å². The van der Waals surface area contributed by atoms with Crippen LogP contribution >= 0.6 is 0 Å². The minimum Gasteiger partial charge on any atom is -0.481 e. The van der Waals surface area contributed by atoms with Crippen LogP contribution in [-0.2, 0) is 4.79 Å². The Labute approximate surface area is 149 Å². The smallest absolute Gasteiger partial charge is 0.292 e. The number of carbonyl (C=O) groups is 1. The number of nitrogens with zero attached hydrogens (tertiary/aromatic N) is 3. The van der Waals surface area contributed by atoms with Crippen LogP contribution in [0.15, 0.2) is 48.5 Å². The van der Waals surface area contributed by atoms with Crippen molar-refractivity contribution in [3.05, 3.63) is 64.5 Å². The lowest BCUT2D eigenvalue weighted by atomic mass is 10.2. The highest BCUT2D eigenvalue weighted by Gasteiger charge is 2.25. The first kappa shape index (κ1) is 17.7. The van der Waals surface area contributed by atoms with Gasteiger partial charge in [-0.1, -0.05) is 24.3 Å². The molecular formula is C18H18FN3O4. The first-order valence-corrected chi connectivity index (χ1v) is 8.20. The van der Waals surface area contributed by atoms with Gasteiger partial charge in [0.05, 0.1) is 4.92 Å². The number of hydrogen-bond donors (Lipinski definition) is 0. The summed E-state index contributed by atoms with van der Waals surface area (Å²) in [6.45, 7) is 1.57. The van der Waals surface area contributed by atoms with E-state index < -0.39 is 10.7 Å². The molecule has 1 amide bonds. The van der Waals surface area contributed by atoms with E-state index in [0.29, 0.717) is 31.9 Å². The lowest BCUT2D eigenvalue weighted by molar-refractivity contribution is -0.384. The van der Waals surface area contributed by atoms with Crippen molar-refractivity contribution in [3.8, 4) is 5.75 Å². The molecule has 0 radical (unpaired) electrons. The maximum absolute atomic E-state index is 13.5. The molecule has 2 aromatic rings. The Morgan fingerprint density at radius 2 is 1.73 bits per heavy atom. The number of anilines is 1. The Morgan fingerprint density at radius 3 is 2.42 bits per heavy atom. The van der Waals surface area contributed by atoms with E-state index in [9.17, 15) is 19.3 Å². The molecule has 1 aliphatic rings. The average molecular weight is 359 g/mol. The number of piperazine rings is 1. The second kappa shape index (κ2) is 7.81. The summed E-state index contributed by atoms with van der Waals surface area (Å²) in [5, 5.41) is 11.2. The van der Waals surface area contributed by atoms with E-state index >= 15 is 0 Å². The number of nitro groups is 1. The van der Waals surface area contributed by atoms with Crippen molar-refractivity contribution in [3.63, 3.8) is 0 Å². The number of amides is 1. The van der Waals surface area contributed by atoms with Crippen LogP contribution < -0.4 is 9.64 Å². The van der Waals surface area contributed by atoms with Crippen molar-refractivity contribution >= 4 is 17.3 Å². The summed E-state index contributed by atoms with van der Waals surface area (Å²) < 4.78 is 18.8. The Balaban J connectivity index is 1.56. The van der Waals surface area contributed by atoms with Gasteiger partial charge in [0.1, 0.15) is 5.69 Å². The highest BCUT2D eigenvalue weighted by molar-refractivity contribution is 5.78. The molecule has 0 bridgehead atoms. The molecule has 0 aromatic heterocycles. The molecule has 0 atom stereocenters. The fourth-order valence-electron chi connectivity index (χ4n) is 2.88. The number of benzene rings is 2. The number of hydrogen-bond acceptors (Lipinski definition) is 5. The molecule has 1 saturated heterocycles. The predicted octanol–water partition coefficient (Wildman–Crippen LogP) is 2.46. The van der Waals surface area contributed by atoms with Crippen LogP contribution in [0, 0.1) is 15.9 Å². The van der Waals surface area contributed by atoms with Crippen molar-refractivity contribution < 1.29 is 18.8 Å². The molecule has 7 nitrogen and oxygen atoms in total. The summed E-state index contributed by atoms with van der Waals surface area (Å²) in [6.07, 6.45) is 0. The van der Waals surface area contributed by atoms with E-state index in [1.54, 1.807) is 35.2 Å². The van der Waals surface area contributed by atoms with Crippen LogP contribution in [0.4, 0.5) is 15.8 Å². The van der Waals surface area contributed by atoms with Gasteiger partial charge in [0, 0.05) is 32.2 Å². The molecule has 3 rings (SSSR count). The molecule has 26 heavy (non-hydrogen) atoms. The van der Waals surface area contributed by atoms with Gasteiger partial charge in [-0.05, 0) is 18.2 Å². The number of nitro benzene ring substituents is 1. The molecular weight excluding hydrogens is 341 g/mol. The van der Waals surface area contributed by atoms with Crippen LogP contribution in [-0.4, -0.2) is 48.5 Å². The van der Waals surface area contributed by atoms with Gasteiger partial charge in [0.25, 0.3) is 11.6 Å². The third-order valence-corrected chi connectivity index (χ3v) is 4.24. The van der Waals surface area contributed by atoms with Gasteiger partial charge in [-0.2, -0.15) is 0 Å². The summed E-state index contributed by atoms with van der Waals surface area (Å²) >= 11 is 0. The zero-order chi connectivity index (χ0) is 18.5. The number of halogens is 1. The SMILES string of the molecule is O=C(COc1ccccc1F)N1CCN(c2ccccc2[N+](=O)[O-])CC1. The summed E-state index contributed by atoms with van der Waals surface area (Å²) in [5.74, 6) is -0.712. The molecule has 1 heterocycles. The van der Waals surface area contributed by atoms with Gasteiger partial charge < -0.3 is 14.5 Å². The number of para-hydroxylation sites is 3. The third kappa shape index (κ3) is 3.90. The average Bonchev–Trinajstić information content (AvgIpc) is 2.67. The van der Waals surface area contributed by atoms with Gasteiger partial charge in [0.2, 0.25) is 0 Å². The lowest BCUT2D eigenvalue weighted by Crippen LogP contribution is -2.50. The fourth-order valence-corrected chi connectivity index (χ4v) is 2.88. The maximum Gasteiger partial charge on any atom is 0.292 e. The highest BCUT2D eigenvalue weighted by Crippen LogP contribution is 2.28. The normalized spacial score (nSPS) is 14.2.